The van der Waals surface area contributed by atoms with E-state index in [-0.39, 0.29) is 24.6 Å². The summed E-state index contributed by atoms with van der Waals surface area (Å²) >= 11 is 0. The summed E-state index contributed by atoms with van der Waals surface area (Å²) in [4.78, 5) is 26.1. The third-order valence-corrected chi connectivity index (χ3v) is 4.90. The molecule has 180 valence electrons. The van der Waals surface area contributed by atoms with Crippen LogP contribution in [0.3, 0.4) is 0 Å². The predicted octanol–water partition coefficient (Wildman–Crippen LogP) is 5.37. The maximum atomic E-state index is 10.9. The zero-order valence-corrected chi connectivity index (χ0v) is 19.0. The van der Waals surface area contributed by atoms with Gasteiger partial charge in [-0.15, -0.1) is 6.58 Å². The molecule has 10 nitrogen and oxygen atoms in total. The Hall–Kier alpha value is -4.73. The molecule has 0 amide bonds. The van der Waals surface area contributed by atoms with E-state index in [4.69, 9.17) is 14.3 Å². The number of methoxy groups -OCH3 is 1. The van der Waals surface area contributed by atoms with E-state index in [2.05, 4.69) is 11.7 Å². The third kappa shape index (κ3) is 6.87. The lowest BCUT2D eigenvalue weighted by atomic mass is 10.1. The molecule has 0 fully saturated rings. The first-order chi connectivity index (χ1) is 16.9. The molecule has 0 atom stereocenters. The van der Waals surface area contributed by atoms with Crippen LogP contribution in [0.2, 0.25) is 0 Å². The molecule has 0 N–H and O–H groups in total. The number of allylic oxidation sites excluding steroid dienone is 1. The molecule has 0 spiro atoms. The van der Waals surface area contributed by atoms with E-state index >= 15 is 0 Å². The molecule has 0 aliphatic carbocycles. The summed E-state index contributed by atoms with van der Waals surface area (Å²) < 4.78 is 11.5. The molecule has 0 saturated heterocycles. The fourth-order valence-electron chi connectivity index (χ4n) is 3.22. The first-order valence-corrected chi connectivity index (χ1v) is 10.5. The van der Waals surface area contributed by atoms with E-state index in [1.54, 1.807) is 36.4 Å². The molecule has 0 aliphatic rings. The molecule has 3 aromatic rings. The zero-order valence-electron chi connectivity index (χ0n) is 19.0. The van der Waals surface area contributed by atoms with Crippen molar-refractivity contribution in [2.24, 2.45) is 5.16 Å². The second-order valence-electron chi connectivity index (χ2n) is 7.35. The monoisotopic (exact) mass is 477 g/mol. The molecular weight excluding hydrogens is 454 g/mol. The standard InChI is InChI=1S/C25H23N3O7/c1-3-5-21-12-20(15-26-35-17-19-6-4-7-23(13-19)28(31)32)14-24(33-2)25(21)34-16-18-8-10-22(11-9-18)27(29)30/h3-4,6-15H,1,5,16-17H2,2H3/b26-15-. The average molecular weight is 477 g/mol. The van der Waals surface area contributed by atoms with Crippen molar-refractivity contribution in [3.8, 4) is 11.5 Å². The van der Waals surface area contributed by atoms with Crippen molar-refractivity contribution >= 4 is 17.6 Å². The fraction of sp³-hybridized carbons (Fsp3) is 0.160. The highest BCUT2D eigenvalue weighted by molar-refractivity contribution is 5.81. The van der Waals surface area contributed by atoms with Crippen molar-refractivity contribution in [3.63, 3.8) is 0 Å². The summed E-state index contributed by atoms with van der Waals surface area (Å²) in [6.07, 6.45) is 3.74. The van der Waals surface area contributed by atoms with Gasteiger partial charge in [-0.3, -0.25) is 20.2 Å². The molecular formula is C25H23N3O7. The highest BCUT2D eigenvalue weighted by atomic mass is 16.6. The first-order valence-electron chi connectivity index (χ1n) is 10.5. The number of nitro groups is 2. The van der Waals surface area contributed by atoms with Crippen molar-refractivity contribution in [2.45, 2.75) is 19.6 Å². The third-order valence-electron chi connectivity index (χ3n) is 4.90. The van der Waals surface area contributed by atoms with Gasteiger partial charge in [-0.1, -0.05) is 23.4 Å². The zero-order chi connectivity index (χ0) is 25.2. The molecule has 10 heteroatoms. The lowest BCUT2D eigenvalue weighted by Gasteiger charge is -2.15. The largest absolute Gasteiger partial charge is 0.493 e. The van der Waals surface area contributed by atoms with Crippen molar-refractivity contribution < 1.29 is 24.2 Å². The molecule has 35 heavy (non-hydrogen) atoms. The Balaban J connectivity index is 1.72. The summed E-state index contributed by atoms with van der Waals surface area (Å²) in [7, 11) is 1.52. The molecule has 0 heterocycles. The molecule has 0 aromatic heterocycles. The number of nitrogens with zero attached hydrogens (tertiary/aromatic N) is 3. The molecule has 0 bridgehead atoms. The number of hydrogen-bond acceptors (Lipinski definition) is 8. The summed E-state index contributed by atoms with van der Waals surface area (Å²) in [6, 6.07) is 15.8. The maximum absolute atomic E-state index is 10.9. The quantitative estimate of drug-likeness (QED) is 0.148. The van der Waals surface area contributed by atoms with Gasteiger partial charge in [0.25, 0.3) is 11.4 Å². The predicted molar refractivity (Wildman–Crippen MR) is 130 cm³/mol. The fourth-order valence-corrected chi connectivity index (χ4v) is 3.22. The Kier molecular flexibility index (Phi) is 8.49. The molecule has 3 rings (SSSR count). The van der Waals surface area contributed by atoms with E-state index in [1.807, 2.05) is 6.07 Å². The van der Waals surface area contributed by atoms with Crippen molar-refractivity contribution in [1.29, 1.82) is 0 Å². The van der Waals surface area contributed by atoms with Crippen molar-refractivity contribution in [3.05, 3.63) is 116 Å². The number of oxime groups is 1. The van der Waals surface area contributed by atoms with Crippen LogP contribution in [-0.2, 0) is 24.5 Å². The Morgan fingerprint density at radius 2 is 1.69 bits per heavy atom. The smallest absolute Gasteiger partial charge is 0.269 e. The summed E-state index contributed by atoms with van der Waals surface area (Å²) in [5.74, 6) is 1.01. The second kappa shape index (κ2) is 11.9. The Labute approximate surface area is 201 Å². The highest BCUT2D eigenvalue weighted by Gasteiger charge is 2.13. The summed E-state index contributed by atoms with van der Waals surface area (Å²) in [6.45, 7) is 4.06. The molecule has 0 aliphatic heterocycles. The van der Waals surface area contributed by atoms with Crippen LogP contribution in [0.15, 0.2) is 78.5 Å². The van der Waals surface area contributed by atoms with Crippen LogP contribution in [0.4, 0.5) is 11.4 Å². The van der Waals surface area contributed by atoms with Crippen molar-refractivity contribution in [2.75, 3.05) is 7.11 Å². The highest BCUT2D eigenvalue weighted by Crippen LogP contribution is 2.34. The van der Waals surface area contributed by atoms with Gasteiger partial charge in [-0.2, -0.15) is 0 Å². The van der Waals surface area contributed by atoms with Gasteiger partial charge in [0.05, 0.1) is 23.2 Å². The minimum absolute atomic E-state index is 0.00928. The van der Waals surface area contributed by atoms with Gasteiger partial charge < -0.3 is 14.3 Å². The van der Waals surface area contributed by atoms with Crippen LogP contribution in [-0.4, -0.2) is 23.2 Å². The van der Waals surface area contributed by atoms with E-state index in [0.717, 1.165) is 11.1 Å². The summed E-state index contributed by atoms with van der Waals surface area (Å²) in [5.41, 5.74) is 2.88. The topological polar surface area (TPSA) is 126 Å². The van der Waals surface area contributed by atoms with E-state index in [9.17, 15) is 20.2 Å². The molecule has 0 unspecified atom stereocenters. The normalized spacial score (nSPS) is 10.7. The van der Waals surface area contributed by atoms with Crippen LogP contribution in [0.25, 0.3) is 0 Å². The lowest BCUT2D eigenvalue weighted by molar-refractivity contribution is -0.385. The van der Waals surface area contributed by atoms with Crippen LogP contribution in [0, 0.1) is 20.2 Å². The molecule has 3 aromatic carbocycles. The minimum Gasteiger partial charge on any atom is -0.493 e. The van der Waals surface area contributed by atoms with E-state index in [0.29, 0.717) is 29.0 Å². The average Bonchev–Trinajstić information content (AvgIpc) is 2.86. The van der Waals surface area contributed by atoms with Crippen LogP contribution >= 0.6 is 0 Å². The maximum Gasteiger partial charge on any atom is 0.269 e. The summed E-state index contributed by atoms with van der Waals surface area (Å²) in [5, 5.41) is 25.7. The van der Waals surface area contributed by atoms with E-state index < -0.39 is 9.85 Å². The second-order valence-corrected chi connectivity index (χ2v) is 7.35. The molecule has 0 radical (unpaired) electrons. The Morgan fingerprint density at radius 3 is 2.34 bits per heavy atom. The van der Waals surface area contributed by atoms with Gasteiger partial charge >= 0.3 is 0 Å². The molecule has 0 saturated carbocycles. The van der Waals surface area contributed by atoms with Gasteiger partial charge in [-0.25, -0.2) is 0 Å². The Morgan fingerprint density at radius 1 is 0.943 bits per heavy atom. The SMILES string of the molecule is C=CCc1cc(/C=N\OCc2cccc([N+](=O)[O-])c2)cc(OC)c1OCc1ccc([N+](=O)[O-])cc1. The van der Waals surface area contributed by atoms with Crippen LogP contribution in [0.1, 0.15) is 22.3 Å². The van der Waals surface area contributed by atoms with Gasteiger partial charge in [0.15, 0.2) is 11.5 Å². The van der Waals surface area contributed by atoms with Crippen molar-refractivity contribution in [1.82, 2.24) is 0 Å². The van der Waals surface area contributed by atoms with Gasteiger partial charge in [0.2, 0.25) is 0 Å². The number of nitro benzene ring substituents is 2. The number of hydrogen-bond donors (Lipinski definition) is 0. The van der Waals surface area contributed by atoms with Gasteiger partial charge in [-0.05, 0) is 41.8 Å². The first kappa shape index (κ1) is 24.9. The number of non-ortho nitro benzene ring substituents is 2. The number of rotatable bonds is 12. The van der Waals surface area contributed by atoms with Gasteiger partial charge in [0, 0.05) is 35.4 Å². The lowest BCUT2D eigenvalue weighted by Crippen LogP contribution is -2.02. The van der Waals surface area contributed by atoms with Crippen LogP contribution < -0.4 is 9.47 Å². The number of benzene rings is 3. The number of ether oxygens (including phenoxy) is 2. The van der Waals surface area contributed by atoms with Crippen LogP contribution in [0.5, 0.6) is 11.5 Å². The van der Waals surface area contributed by atoms with E-state index in [1.165, 1.54) is 37.6 Å². The van der Waals surface area contributed by atoms with Gasteiger partial charge in [0.1, 0.15) is 13.2 Å². The minimum atomic E-state index is -0.467. The Bertz CT molecular complexity index is 1240.